The first kappa shape index (κ1) is 16.0. The number of hydrogen-bond donors (Lipinski definition) is 2. The average Bonchev–Trinajstić information content (AvgIpc) is 2.55. The Hall–Kier alpha value is -2.40. The lowest BCUT2D eigenvalue weighted by molar-refractivity contribution is 0.0706. The molecule has 0 bridgehead atoms. The fourth-order valence-electron chi connectivity index (χ4n) is 2.02. The van der Waals surface area contributed by atoms with E-state index in [1.165, 1.54) is 23.2 Å². The van der Waals surface area contributed by atoms with Crippen molar-refractivity contribution in [2.45, 2.75) is 26.2 Å². The third-order valence-electron chi connectivity index (χ3n) is 3.27. The number of ether oxygens (including phenoxy) is 1. The third-order valence-corrected chi connectivity index (χ3v) is 3.27. The molecule has 5 heteroatoms. The highest BCUT2D eigenvalue weighted by Gasteiger charge is 2.10. The van der Waals surface area contributed by atoms with Gasteiger partial charge in [0.1, 0.15) is 5.75 Å². The molecular formula is C17H18FNO3. The Morgan fingerprint density at radius 3 is 2.55 bits per heavy atom. The number of aryl methyl sites for hydroxylation is 1. The molecule has 0 saturated carbocycles. The Bertz CT molecular complexity index is 641. The molecule has 0 spiro atoms. The summed E-state index contributed by atoms with van der Waals surface area (Å²) in [5.74, 6) is -0.892. The number of carbonyl (C=O) groups excluding carboxylic acids is 1. The number of unbranched alkanes of at least 4 members (excludes halogenated alkanes) is 1. The number of benzene rings is 2. The van der Waals surface area contributed by atoms with Crippen LogP contribution in [0.15, 0.2) is 42.5 Å². The first-order valence-corrected chi connectivity index (χ1v) is 7.15. The Labute approximate surface area is 128 Å². The predicted molar refractivity (Wildman–Crippen MR) is 80.8 cm³/mol. The van der Waals surface area contributed by atoms with Gasteiger partial charge in [0, 0.05) is 5.56 Å². The Morgan fingerprint density at radius 1 is 1.23 bits per heavy atom. The van der Waals surface area contributed by atoms with Gasteiger partial charge in [-0.15, -0.1) is 0 Å². The van der Waals surface area contributed by atoms with E-state index in [9.17, 15) is 9.18 Å². The van der Waals surface area contributed by atoms with E-state index in [4.69, 9.17) is 9.94 Å². The monoisotopic (exact) mass is 303 g/mol. The lowest BCUT2D eigenvalue weighted by atomic mass is 10.1. The summed E-state index contributed by atoms with van der Waals surface area (Å²) >= 11 is 0. The minimum absolute atomic E-state index is 0.0160. The summed E-state index contributed by atoms with van der Waals surface area (Å²) in [5.41, 5.74) is 2.68. The molecule has 22 heavy (non-hydrogen) atoms. The molecule has 0 radical (unpaired) electrons. The van der Waals surface area contributed by atoms with E-state index in [0.29, 0.717) is 5.75 Å². The van der Waals surface area contributed by atoms with Gasteiger partial charge in [0.2, 0.25) is 0 Å². The predicted octanol–water partition coefficient (Wildman–Crippen LogP) is 4.08. The van der Waals surface area contributed by atoms with Gasteiger partial charge in [-0.05, 0) is 48.7 Å². The number of hydroxylamine groups is 1. The van der Waals surface area contributed by atoms with Crippen molar-refractivity contribution in [3.05, 3.63) is 59.4 Å². The van der Waals surface area contributed by atoms with Crippen LogP contribution in [0, 0.1) is 5.82 Å². The van der Waals surface area contributed by atoms with Crippen molar-refractivity contribution in [3.63, 3.8) is 0 Å². The normalized spacial score (nSPS) is 10.3. The summed E-state index contributed by atoms with van der Waals surface area (Å²) in [6.45, 7) is 2.14. The highest BCUT2D eigenvalue weighted by Crippen LogP contribution is 2.25. The lowest BCUT2D eigenvalue weighted by Gasteiger charge is -2.08. The number of carbonyl (C=O) groups is 1. The van der Waals surface area contributed by atoms with Gasteiger partial charge in [-0.1, -0.05) is 25.5 Å². The Kier molecular flexibility index (Phi) is 5.49. The second-order valence-electron chi connectivity index (χ2n) is 4.94. The third kappa shape index (κ3) is 4.05. The molecule has 0 saturated heterocycles. The molecular weight excluding hydrogens is 285 g/mol. The maximum Gasteiger partial charge on any atom is 0.274 e. The highest BCUT2D eigenvalue weighted by atomic mass is 19.1. The van der Waals surface area contributed by atoms with E-state index >= 15 is 0 Å². The summed E-state index contributed by atoms with van der Waals surface area (Å²) in [5, 5.41) is 8.52. The largest absolute Gasteiger partial charge is 0.454 e. The lowest BCUT2D eigenvalue weighted by Crippen LogP contribution is -2.18. The molecule has 0 aliphatic heterocycles. The minimum atomic E-state index is -0.772. The Balaban J connectivity index is 2.08. The van der Waals surface area contributed by atoms with Gasteiger partial charge in [0.25, 0.3) is 5.91 Å². The van der Waals surface area contributed by atoms with Gasteiger partial charge in [0.15, 0.2) is 11.6 Å². The summed E-state index contributed by atoms with van der Waals surface area (Å²) in [6.07, 6.45) is 3.27. The van der Waals surface area contributed by atoms with Crippen LogP contribution in [0.25, 0.3) is 0 Å². The topological polar surface area (TPSA) is 58.6 Å². The molecule has 0 heterocycles. The molecule has 2 aromatic carbocycles. The van der Waals surface area contributed by atoms with Crippen LogP contribution >= 0.6 is 0 Å². The number of nitrogens with one attached hydrogen (secondary N) is 1. The quantitative estimate of drug-likeness (QED) is 0.624. The van der Waals surface area contributed by atoms with Crippen molar-refractivity contribution in [1.82, 2.24) is 5.48 Å². The van der Waals surface area contributed by atoms with Gasteiger partial charge in [-0.2, -0.15) is 0 Å². The number of halogens is 1. The maximum absolute atomic E-state index is 13.9. The van der Waals surface area contributed by atoms with Crippen LogP contribution in [-0.2, 0) is 6.42 Å². The van der Waals surface area contributed by atoms with Crippen molar-refractivity contribution in [2.24, 2.45) is 0 Å². The van der Waals surface area contributed by atoms with Crippen LogP contribution in [0.1, 0.15) is 35.7 Å². The van der Waals surface area contributed by atoms with Crippen molar-refractivity contribution < 1.29 is 19.1 Å². The first-order chi connectivity index (χ1) is 10.6. The highest BCUT2D eigenvalue weighted by molar-refractivity contribution is 5.93. The van der Waals surface area contributed by atoms with Crippen LogP contribution in [0.2, 0.25) is 0 Å². The van der Waals surface area contributed by atoms with Gasteiger partial charge in [0.05, 0.1) is 0 Å². The van der Waals surface area contributed by atoms with Crippen LogP contribution in [0.4, 0.5) is 4.39 Å². The number of hydrogen-bond acceptors (Lipinski definition) is 3. The first-order valence-electron chi connectivity index (χ1n) is 7.15. The van der Waals surface area contributed by atoms with E-state index in [-0.39, 0.29) is 11.3 Å². The zero-order valence-electron chi connectivity index (χ0n) is 12.3. The molecule has 2 N–H and O–H groups in total. The average molecular weight is 303 g/mol. The second kappa shape index (κ2) is 7.56. The van der Waals surface area contributed by atoms with Gasteiger partial charge < -0.3 is 4.74 Å². The fourth-order valence-corrected chi connectivity index (χ4v) is 2.02. The summed E-state index contributed by atoms with van der Waals surface area (Å²) in [4.78, 5) is 11.2. The molecule has 2 aromatic rings. The molecule has 1 amide bonds. The molecule has 4 nitrogen and oxygen atoms in total. The van der Waals surface area contributed by atoms with Gasteiger partial charge in [-0.25, -0.2) is 9.87 Å². The van der Waals surface area contributed by atoms with Crippen LogP contribution < -0.4 is 10.2 Å². The SMILES string of the molecule is CCCCc1ccc(Oc2ccc(C(=O)NO)cc2F)cc1. The van der Waals surface area contributed by atoms with Crippen LogP contribution in [-0.4, -0.2) is 11.1 Å². The van der Waals surface area contributed by atoms with Crippen LogP contribution in [0.3, 0.4) is 0 Å². The number of rotatable bonds is 6. The molecule has 0 fully saturated rings. The molecule has 2 rings (SSSR count). The van der Waals surface area contributed by atoms with Crippen molar-refractivity contribution in [1.29, 1.82) is 0 Å². The van der Waals surface area contributed by atoms with Crippen LogP contribution in [0.5, 0.6) is 11.5 Å². The summed E-state index contributed by atoms with van der Waals surface area (Å²) in [7, 11) is 0. The summed E-state index contributed by atoms with van der Waals surface area (Å²) < 4.78 is 19.4. The molecule has 0 aromatic heterocycles. The fraction of sp³-hybridized carbons (Fsp3) is 0.235. The van der Waals surface area contributed by atoms with Crippen molar-refractivity contribution in [3.8, 4) is 11.5 Å². The van der Waals surface area contributed by atoms with E-state index in [1.54, 1.807) is 12.1 Å². The maximum atomic E-state index is 13.9. The standard InChI is InChI=1S/C17H18FNO3/c1-2-3-4-12-5-8-14(9-6-12)22-16-10-7-13(11-15(16)18)17(20)19-21/h5-11,21H,2-4H2,1H3,(H,19,20). The molecule has 0 unspecified atom stereocenters. The van der Waals surface area contributed by atoms with Crippen molar-refractivity contribution >= 4 is 5.91 Å². The van der Waals surface area contributed by atoms with E-state index in [2.05, 4.69) is 6.92 Å². The zero-order chi connectivity index (χ0) is 15.9. The van der Waals surface area contributed by atoms with E-state index in [0.717, 1.165) is 25.3 Å². The minimum Gasteiger partial charge on any atom is -0.454 e. The van der Waals surface area contributed by atoms with E-state index < -0.39 is 11.7 Å². The summed E-state index contributed by atoms with van der Waals surface area (Å²) in [6, 6.07) is 11.2. The molecule has 0 aliphatic carbocycles. The molecule has 0 aliphatic rings. The number of amides is 1. The molecule has 0 atom stereocenters. The second-order valence-corrected chi connectivity index (χ2v) is 4.94. The van der Waals surface area contributed by atoms with Crippen molar-refractivity contribution in [2.75, 3.05) is 0 Å². The Morgan fingerprint density at radius 2 is 1.95 bits per heavy atom. The zero-order valence-corrected chi connectivity index (χ0v) is 12.3. The van der Waals surface area contributed by atoms with E-state index in [1.807, 2.05) is 12.1 Å². The molecule has 116 valence electrons. The smallest absolute Gasteiger partial charge is 0.274 e. The van der Waals surface area contributed by atoms with Gasteiger partial charge in [-0.3, -0.25) is 10.0 Å². The van der Waals surface area contributed by atoms with Gasteiger partial charge >= 0.3 is 0 Å².